The van der Waals surface area contributed by atoms with E-state index in [0.717, 1.165) is 4.47 Å². The van der Waals surface area contributed by atoms with E-state index in [4.69, 9.17) is 15.2 Å². The highest BCUT2D eigenvalue weighted by Crippen LogP contribution is 2.36. The zero-order valence-corrected chi connectivity index (χ0v) is 13.7. The third-order valence-electron chi connectivity index (χ3n) is 3.04. The minimum absolute atomic E-state index is 0.524. The lowest BCUT2D eigenvalue weighted by molar-refractivity contribution is 0.392. The molecule has 0 aliphatic rings. The van der Waals surface area contributed by atoms with Crippen molar-refractivity contribution in [2.24, 2.45) is 5.73 Å². The van der Waals surface area contributed by atoms with Gasteiger partial charge in [0.2, 0.25) is 0 Å². The van der Waals surface area contributed by atoms with E-state index in [9.17, 15) is 8.42 Å². The van der Waals surface area contributed by atoms with Gasteiger partial charge in [-0.15, -0.1) is 0 Å². The van der Waals surface area contributed by atoms with E-state index in [1.54, 1.807) is 19.1 Å². The first-order valence-corrected chi connectivity index (χ1v) is 8.33. The second-order valence-corrected chi connectivity index (χ2v) is 7.55. The van der Waals surface area contributed by atoms with Crippen molar-refractivity contribution in [2.75, 3.05) is 20.5 Å². The summed E-state index contributed by atoms with van der Waals surface area (Å²) in [5.41, 5.74) is 6.64. The van der Waals surface area contributed by atoms with Gasteiger partial charge in [-0.05, 0) is 35.0 Å². The smallest absolute Gasteiger partial charge is 0.151 e. The van der Waals surface area contributed by atoms with E-state index >= 15 is 0 Å². The van der Waals surface area contributed by atoms with Crippen LogP contribution in [0.2, 0.25) is 0 Å². The largest absolute Gasteiger partial charge is 0.496 e. The summed E-state index contributed by atoms with van der Waals surface area (Å²) in [4.78, 5) is 0. The zero-order valence-electron chi connectivity index (χ0n) is 11.3. The number of ether oxygens (including phenoxy) is 2. The Morgan fingerprint density at radius 2 is 1.74 bits per heavy atom. The van der Waals surface area contributed by atoms with Gasteiger partial charge in [0.15, 0.2) is 9.84 Å². The molecular weight excluding hydrogens is 334 g/mol. The SMILES string of the molecule is COc1cc(C(N)C(C)S(C)(=O)=O)c(OC)cc1Br. The molecule has 0 aliphatic carbocycles. The second-order valence-electron chi connectivity index (χ2n) is 4.29. The fraction of sp³-hybridized carbons (Fsp3) is 0.500. The Labute approximate surface area is 122 Å². The molecule has 0 aliphatic heterocycles. The van der Waals surface area contributed by atoms with Crippen LogP contribution in [-0.2, 0) is 9.84 Å². The number of hydrogen-bond acceptors (Lipinski definition) is 5. The summed E-state index contributed by atoms with van der Waals surface area (Å²) in [5, 5.41) is -0.715. The first-order chi connectivity index (χ1) is 8.72. The maximum atomic E-state index is 11.6. The van der Waals surface area contributed by atoms with Gasteiger partial charge in [-0.1, -0.05) is 0 Å². The van der Waals surface area contributed by atoms with Crippen LogP contribution in [0.1, 0.15) is 18.5 Å². The van der Waals surface area contributed by atoms with Gasteiger partial charge in [0.25, 0.3) is 0 Å². The molecule has 2 atom stereocenters. The van der Waals surface area contributed by atoms with Crippen molar-refractivity contribution in [3.63, 3.8) is 0 Å². The monoisotopic (exact) mass is 351 g/mol. The number of benzene rings is 1. The Kier molecular flexibility index (Phi) is 5.23. The van der Waals surface area contributed by atoms with Gasteiger partial charge in [0.1, 0.15) is 11.5 Å². The van der Waals surface area contributed by atoms with E-state index in [1.807, 2.05) is 0 Å². The first-order valence-electron chi connectivity index (χ1n) is 5.58. The highest BCUT2D eigenvalue weighted by molar-refractivity contribution is 9.10. The van der Waals surface area contributed by atoms with E-state index in [0.29, 0.717) is 17.1 Å². The molecule has 0 saturated heterocycles. The summed E-state index contributed by atoms with van der Waals surface area (Å²) < 4.78 is 34.4. The van der Waals surface area contributed by atoms with E-state index in [-0.39, 0.29) is 0 Å². The Bertz CT molecular complexity index is 559. The van der Waals surface area contributed by atoms with Crippen molar-refractivity contribution in [1.82, 2.24) is 0 Å². The molecule has 2 N–H and O–H groups in total. The second kappa shape index (κ2) is 6.11. The average molecular weight is 352 g/mol. The third kappa shape index (κ3) is 3.61. The van der Waals surface area contributed by atoms with Crippen molar-refractivity contribution >= 4 is 25.8 Å². The lowest BCUT2D eigenvalue weighted by Gasteiger charge is -2.22. The highest BCUT2D eigenvalue weighted by Gasteiger charge is 2.27. The molecule has 19 heavy (non-hydrogen) atoms. The number of rotatable bonds is 5. The van der Waals surface area contributed by atoms with E-state index in [1.165, 1.54) is 20.5 Å². The summed E-state index contributed by atoms with van der Waals surface area (Å²) in [6.45, 7) is 1.58. The minimum atomic E-state index is -3.24. The van der Waals surface area contributed by atoms with Crippen LogP contribution in [0.4, 0.5) is 0 Å². The summed E-state index contributed by atoms with van der Waals surface area (Å²) in [6.07, 6.45) is 1.17. The van der Waals surface area contributed by atoms with Crippen molar-refractivity contribution in [3.8, 4) is 11.5 Å². The van der Waals surface area contributed by atoms with Gasteiger partial charge in [0.05, 0.1) is 30.0 Å². The molecule has 1 aromatic rings. The predicted octanol–water partition coefficient (Wildman–Crippen LogP) is 1.90. The van der Waals surface area contributed by atoms with Gasteiger partial charge < -0.3 is 15.2 Å². The molecule has 5 nitrogen and oxygen atoms in total. The van der Waals surface area contributed by atoms with E-state index in [2.05, 4.69) is 15.9 Å². The molecule has 108 valence electrons. The standard InChI is InChI=1S/C12H18BrNO4S/c1-7(19(4,15)16)12(14)8-5-11(18-3)9(13)6-10(8)17-2/h5-7,12H,14H2,1-4H3. The highest BCUT2D eigenvalue weighted by atomic mass is 79.9. The predicted molar refractivity (Wildman–Crippen MR) is 78.5 cm³/mol. The maximum Gasteiger partial charge on any atom is 0.151 e. The fourth-order valence-electron chi connectivity index (χ4n) is 1.66. The third-order valence-corrected chi connectivity index (χ3v) is 5.31. The molecule has 1 aromatic carbocycles. The molecule has 2 unspecified atom stereocenters. The summed E-state index contributed by atoms with van der Waals surface area (Å²) in [5.74, 6) is 1.10. The molecule has 0 radical (unpaired) electrons. The van der Waals surface area contributed by atoms with Gasteiger partial charge >= 0.3 is 0 Å². The Hall–Kier alpha value is -0.790. The number of sulfone groups is 1. The van der Waals surface area contributed by atoms with Gasteiger partial charge in [-0.25, -0.2) is 8.42 Å². The molecule has 0 fully saturated rings. The van der Waals surface area contributed by atoms with Gasteiger partial charge in [-0.3, -0.25) is 0 Å². The lowest BCUT2D eigenvalue weighted by atomic mass is 10.0. The molecule has 0 aromatic heterocycles. The van der Waals surface area contributed by atoms with Crippen LogP contribution in [0.25, 0.3) is 0 Å². The molecule has 0 amide bonds. The van der Waals surface area contributed by atoms with Crippen LogP contribution in [0.5, 0.6) is 11.5 Å². The Morgan fingerprint density at radius 1 is 1.21 bits per heavy atom. The molecule has 0 saturated carbocycles. The normalized spacial score (nSPS) is 14.8. The summed E-state index contributed by atoms with van der Waals surface area (Å²) in [6, 6.07) is 2.71. The summed E-state index contributed by atoms with van der Waals surface area (Å²) >= 11 is 3.34. The number of methoxy groups -OCH3 is 2. The van der Waals surface area contributed by atoms with Crippen LogP contribution >= 0.6 is 15.9 Å². The quantitative estimate of drug-likeness (QED) is 0.876. The number of hydrogen-bond donors (Lipinski definition) is 1. The molecular formula is C12H18BrNO4S. The zero-order chi connectivity index (χ0) is 14.8. The maximum absolute atomic E-state index is 11.6. The molecule has 0 bridgehead atoms. The van der Waals surface area contributed by atoms with Crippen LogP contribution < -0.4 is 15.2 Å². The minimum Gasteiger partial charge on any atom is -0.496 e. The van der Waals surface area contributed by atoms with Crippen LogP contribution in [0.3, 0.4) is 0 Å². The van der Waals surface area contributed by atoms with Crippen molar-refractivity contribution in [3.05, 3.63) is 22.2 Å². The molecule has 7 heteroatoms. The molecule has 1 rings (SSSR count). The fourth-order valence-corrected chi connectivity index (χ4v) is 2.83. The van der Waals surface area contributed by atoms with Crippen LogP contribution in [0.15, 0.2) is 16.6 Å². The number of nitrogens with two attached hydrogens (primary N) is 1. The van der Waals surface area contributed by atoms with E-state index < -0.39 is 21.1 Å². The van der Waals surface area contributed by atoms with Crippen molar-refractivity contribution < 1.29 is 17.9 Å². The Balaban J connectivity index is 3.32. The summed E-state index contributed by atoms with van der Waals surface area (Å²) in [7, 11) is -0.199. The molecule has 0 spiro atoms. The van der Waals surface area contributed by atoms with Crippen molar-refractivity contribution in [2.45, 2.75) is 18.2 Å². The van der Waals surface area contributed by atoms with Crippen LogP contribution in [0, 0.1) is 0 Å². The van der Waals surface area contributed by atoms with Gasteiger partial charge in [-0.2, -0.15) is 0 Å². The van der Waals surface area contributed by atoms with Gasteiger partial charge in [0, 0.05) is 11.8 Å². The first kappa shape index (κ1) is 16.3. The van der Waals surface area contributed by atoms with Crippen LogP contribution in [-0.4, -0.2) is 34.1 Å². The molecule has 0 heterocycles. The average Bonchev–Trinajstić information content (AvgIpc) is 2.35. The Morgan fingerprint density at radius 3 is 2.16 bits per heavy atom. The number of halogens is 1. The topological polar surface area (TPSA) is 78.6 Å². The lowest BCUT2D eigenvalue weighted by Crippen LogP contribution is -2.30. The van der Waals surface area contributed by atoms with Crippen molar-refractivity contribution in [1.29, 1.82) is 0 Å².